The number of aryl methyl sites for hydroxylation is 1. The molecule has 0 saturated heterocycles. The summed E-state index contributed by atoms with van der Waals surface area (Å²) in [5.74, 6) is 1.12. The Bertz CT molecular complexity index is 1100. The Kier molecular flexibility index (Phi) is 3.94. The highest BCUT2D eigenvalue weighted by molar-refractivity contribution is 5.55. The van der Waals surface area contributed by atoms with Crippen LogP contribution in [0.4, 0.5) is 0 Å². The summed E-state index contributed by atoms with van der Waals surface area (Å²) in [7, 11) is 2.73. The van der Waals surface area contributed by atoms with E-state index in [1.807, 2.05) is 0 Å². The third-order valence-corrected chi connectivity index (χ3v) is 3.58. The summed E-state index contributed by atoms with van der Waals surface area (Å²) in [6.07, 6.45) is 0. The van der Waals surface area contributed by atoms with Gasteiger partial charge in [-0.3, -0.25) is 13.9 Å². The van der Waals surface area contributed by atoms with Crippen LogP contribution in [0.25, 0.3) is 11.4 Å². The van der Waals surface area contributed by atoms with Crippen molar-refractivity contribution in [3.8, 4) is 29.1 Å². The first-order valence-corrected chi connectivity index (χ1v) is 7.21. The van der Waals surface area contributed by atoms with Gasteiger partial charge in [0.05, 0.1) is 0 Å². The van der Waals surface area contributed by atoms with E-state index in [0.29, 0.717) is 23.0 Å². The van der Waals surface area contributed by atoms with E-state index in [0.717, 1.165) is 9.13 Å². The van der Waals surface area contributed by atoms with Crippen molar-refractivity contribution in [1.82, 2.24) is 19.3 Å². The fourth-order valence-corrected chi connectivity index (χ4v) is 2.24. The molecule has 0 aliphatic carbocycles. The molecule has 9 heteroatoms. The zero-order chi connectivity index (χ0) is 18.1. The summed E-state index contributed by atoms with van der Waals surface area (Å²) >= 11 is 0. The van der Waals surface area contributed by atoms with Crippen LogP contribution >= 0.6 is 0 Å². The summed E-state index contributed by atoms with van der Waals surface area (Å²) in [4.78, 5) is 28.2. The van der Waals surface area contributed by atoms with Crippen molar-refractivity contribution < 1.29 is 9.26 Å². The van der Waals surface area contributed by atoms with Crippen LogP contribution in [0.5, 0.6) is 11.6 Å². The first-order chi connectivity index (χ1) is 11.9. The molecule has 3 rings (SSSR count). The summed E-state index contributed by atoms with van der Waals surface area (Å²) in [5, 5.41) is 13.0. The van der Waals surface area contributed by atoms with Gasteiger partial charge < -0.3 is 9.26 Å². The first kappa shape index (κ1) is 16.2. The summed E-state index contributed by atoms with van der Waals surface area (Å²) in [6.45, 7) is 1.69. The summed E-state index contributed by atoms with van der Waals surface area (Å²) < 4.78 is 12.5. The van der Waals surface area contributed by atoms with Crippen molar-refractivity contribution in [3.63, 3.8) is 0 Å². The maximum Gasteiger partial charge on any atom is 0.333 e. The maximum atomic E-state index is 12.0. The molecule has 0 unspecified atom stereocenters. The number of benzene rings is 1. The average Bonchev–Trinajstić information content (AvgIpc) is 3.05. The van der Waals surface area contributed by atoms with Crippen molar-refractivity contribution in [3.05, 3.63) is 56.6 Å². The molecular formula is C16H13N5O4. The van der Waals surface area contributed by atoms with E-state index in [-0.39, 0.29) is 11.4 Å². The molecule has 126 valence electrons. The van der Waals surface area contributed by atoms with Crippen LogP contribution in [0.3, 0.4) is 0 Å². The van der Waals surface area contributed by atoms with E-state index >= 15 is 0 Å². The molecule has 0 aliphatic rings. The van der Waals surface area contributed by atoms with E-state index in [1.165, 1.54) is 14.1 Å². The molecule has 0 atom stereocenters. The lowest BCUT2D eigenvalue weighted by Crippen LogP contribution is -2.38. The molecule has 2 heterocycles. The van der Waals surface area contributed by atoms with Crippen molar-refractivity contribution in [1.29, 1.82) is 5.26 Å². The Hall–Kier alpha value is -3.67. The minimum atomic E-state index is -0.709. The quantitative estimate of drug-likeness (QED) is 0.701. The Morgan fingerprint density at radius 2 is 1.84 bits per heavy atom. The number of hydrogen-bond donors (Lipinski definition) is 0. The molecule has 0 amide bonds. The second-order valence-electron chi connectivity index (χ2n) is 5.26. The Morgan fingerprint density at radius 3 is 2.40 bits per heavy atom. The van der Waals surface area contributed by atoms with E-state index in [4.69, 9.17) is 9.26 Å². The SMILES string of the molecule is Cc1nc(-c2ccc(Oc3c(C#N)c(=O)n(C)c(=O)n3C)cc2)no1. The lowest BCUT2D eigenvalue weighted by atomic mass is 10.2. The summed E-state index contributed by atoms with van der Waals surface area (Å²) in [5.41, 5.74) is -0.831. The second kappa shape index (κ2) is 6.09. The molecule has 0 N–H and O–H groups in total. The maximum absolute atomic E-state index is 12.0. The van der Waals surface area contributed by atoms with Crippen LogP contribution in [-0.2, 0) is 14.1 Å². The fourth-order valence-electron chi connectivity index (χ4n) is 2.24. The fraction of sp³-hybridized carbons (Fsp3) is 0.188. The summed E-state index contributed by atoms with van der Waals surface area (Å²) in [6, 6.07) is 8.41. The molecule has 0 spiro atoms. The lowest BCUT2D eigenvalue weighted by molar-refractivity contribution is 0.394. The number of nitrogens with zero attached hydrogens (tertiary/aromatic N) is 5. The lowest BCUT2D eigenvalue weighted by Gasteiger charge is -2.12. The van der Waals surface area contributed by atoms with Crippen LogP contribution in [0.15, 0.2) is 38.4 Å². The smallest absolute Gasteiger partial charge is 0.333 e. The standard InChI is InChI=1S/C16H13N5O4/c1-9-18-13(19-25-9)10-4-6-11(7-5-10)24-15-12(8-17)14(22)20(2)16(23)21(15)3/h4-7H,1-3H3. The van der Waals surface area contributed by atoms with Gasteiger partial charge in [-0.2, -0.15) is 10.2 Å². The van der Waals surface area contributed by atoms with Crippen molar-refractivity contribution in [2.75, 3.05) is 0 Å². The molecule has 0 saturated carbocycles. The van der Waals surface area contributed by atoms with Gasteiger partial charge in [0.25, 0.3) is 5.56 Å². The molecule has 0 fully saturated rings. The number of ether oxygens (including phenoxy) is 1. The van der Waals surface area contributed by atoms with Gasteiger partial charge in [0.2, 0.25) is 17.6 Å². The second-order valence-corrected chi connectivity index (χ2v) is 5.26. The molecule has 0 bridgehead atoms. The highest BCUT2D eigenvalue weighted by Gasteiger charge is 2.17. The third kappa shape index (κ3) is 2.81. The topological polar surface area (TPSA) is 116 Å². The zero-order valence-corrected chi connectivity index (χ0v) is 13.7. The van der Waals surface area contributed by atoms with Gasteiger partial charge in [-0.15, -0.1) is 0 Å². The number of rotatable bonds is 3. The third-order valence-electron chi connectivity index (χ3n) is 3.58. The van der Waals surface area contributed by atoms with Crippen molar-refractivity contribution >= 4 is 0 Å². The normalized spacial score (nSPS) is 10.5. The van der Waals surface area contributed by atoms with Crippen molar-refractivity contribution in [2.45, 2.75) is 6.92 Å². The molecule has 1 aromatic carbocycles. The van der Waals surface area contributed by atoms with E-state index in [9.17, 15) is 14.9 Å². The highest BCUT2D eigenvalue weighted by atomic mass is 16.5. The van der Waals surface area contributed by atoms with Gasteiger partial charge >= 0.3 is 5.69 Å². The van der Waals surface area contributed by atoms with Crippen LogP contribution in [0.1, 0.15) is 11.5 Å². The van der Waals surface area contributed by atoms with Crippen LogP contribution < -0.4 is 16.0 Å². The Labute approximate surface area is 141 Å². The number of hydrogen-bond acceptors (Lipinski definition) is 7. The Morgan fingerprint density at radius 1 is 1.16 bits per heavy atom. The highest BCUT2D eigenvalue weighted by Crippen LogP contribution is 2.24. The molecule has 2 aromatic heterocycles. The minimum absolute atomic E-state index is 0.112. The van der Waals surface area contributed by atoms with Crippen LogP contribution in [0, 0.1) is 18.3 Å². The first-order valence-electron chi connectivity index (χ1n) is 7.21. The van der Waals surface area contributed by atoms with Crippen LogP contribution in [-0.4, -0.2) is 19.3 Å². The number of aromatic nitrogens is 4. The molecule has 3 aromatic rings. The number of nitriles is 1. The van der Waals surface area contributed by atoms with Crippen LogP contribution in [0.2, 0.25) is 0 Å². The van der Waals surface area contributed by atoms with E-state index < -0.39 is 11.2 Å². The van der Waals surface area contributed by atoms with Gasteiger partial charge in [-0.05, 0) is 24.3 Å². The largest absolute Gasteiger partial charge is 0.439 e. The minimum Gasteiger partial charge on any atom is -0.439 e. The molecule has 25 heavy (non-hydrogen) atoms. The van der Waals surface area contributed by atoms with Gasteiger partial charge in [-0.1, -0.05) is 5.16 Å². The van der Waals surface area contributed by atoms with Gasteiger partial charge in [-0.25, -0.2) is 4.79 Å². The predicted octanol–water partition coefficient (Wildman–Crippen LogP) is 1.11. The van der Waals surface area contributed by atoms with Crippen molar-refractivity contribution in [2.24, 2.45) is 14.1 Å². The van der Waals surface area contributed by atoms with E-state index in [2.05, 4.69) is 10.1 Å². The monoisotopic (exact) mass is 339 g/mol. The average molecular weight is 339 g/mol. The van der Waals surface area contributed by atoms with Gasteiger partial charge in [0, 0.05) is 26.6 Å². The molecule has 0 aliphatic heterocycles. The van der Waals surface area contributed by atoms with Gasteiger partial charge in [0.15, 0.2) is 5.56 Å². The Balaban J connectivity index is 2.00. The predicted molar refractivity (Wildman–Crippen MR) is 86.2 cm³/mol. The van der Waals surface area contributed by atoms with Gasteiger partial charge in [0.1, 0.15) is 11.8 Å². The zero-order valence-electron chi connectivity index (χ0n) is 13.7. The van der Waals surface area contributed by atoms with E-state index in [1.54, 1.807) is 37.3 Å². The molecular weight excluding hydrogens is 326 g/mol. The molecule has 0 radical (unpaired) electrons. The molecule has 9 nitrogen and oxygen atoms in total.